The lowest BCUT2D eigenvalue weighted by atomic mass is 10.2. The molecule has 0 aliphatic heterocycles. The third-order valence-corrected chi connectivity index (χ3v) is 2.58. The van der Waals surface area contributed by atoms with Crippen LogP contribution in [0.3, 0.4) is 0 Å². The molecule has 0 bridgehead atoms. The van der Waals surface area contributed by atoms with Crippen molar-refractivity contribution < 1.29 is 22.3 Å². The number of halogens is 5. The maximum atomic E-state index is 12.6. The Kier molecular flexibility index (Phi) is 4.40. The third-order valence-electron chi connectivity index (χ3n) is 2.02. The number of alkyl halides is 5. The summed E-state index contributed by atoms with van der Waals surface area (Å²) in [5, 5.41) is 3.29. The molecule has 1 rings (SSSR count). The van der Waals surface area contributed by atoms with Crippen LogP contribution in [0.5, 0.6) is 5.88 Å². The van der Waals surface area contributed by atoms with Crippen LogP contribution in [-0.4, -0.2) is 22.6 Å². The molecule has 8 heteroatoms. The number of aryl methyl sites for hydroxylation is 1. The summed E-state index contributed by atoms with van der Waals surface area (Å²) >= 11 is 2.95. The van der Waals surface area contributed by atoms with Crippen LogP contribution in [0.4, 0.5) is 17.6 Å². The zero-order valence-electron chi connectivity index (χ0n) is 9.18. The number of nitrogens with zero attached hydrogens (tertiary/aromatic N) is 2. The van der Waals surface area contributed by atoms with Crippen LogP contribution in [0.1, 0.15) is 18.2 Å². The van der Waals surface area contributed by atoms with Crippen molar-refractivity contribution in [1.82, 2.24) is 9.78 Å². The molecule has 0 saturated carbocycles. The highest BCUT2D eigenvalue weighted by molar-refractivity contribution is 9.08. The Morgan fingerprint density at radius 2 is 2.06 bits per heavy atom. The molecule has 0 fully saturated rings. The van der Waals surface area contributed by atoms with Gasteiger partial charge in [0.25, 0.3) is 0 Å². The number of hydrogen-bond donors (Lipinski definition) is 0. The zero-order chi connectivity index (χ0) is 13.2. The Morgan fingerprint density at radius 3 is 2.47 bits per heavy atom. The first-order chi connectivity index (χ1) is 7.81. The molecular weight excluding hydrogens is 308 g/mol. The molecule has 0 N–H and O–H groups in total. The van der Waals surface area contributed by atoms with Crippen LogP contribution in [0.2, 0.25) is 0 Å². The molecule has 98 valence electrons. The standard InChI is InChI=1S/C9H11BrF4N2O/c1-5(4-11)17-8-6(3-10)7(9(12,13)14)15-16(8)2/h5H,3-4H2,1-2H3. The molecule has 1 aromatic heterocycles. The zero-order valence-corrected chi connectivity index (χ0v) is 10.8. The first kappa shape index (κ1) is 14.3. The van der Waals surface area contributed by atoms with Crippen molar-refractivity contribution in [2.75, 3.05) is 6.67 Å². The first-order valence-corrected chi connectivity index (χ1v) is 5.85. The van der Waals surface area contributed by atoms with Gasteiger partial charge in [0.15, 0.2) is 5.69 Å². The minimum Gasteiger partial charge on any atom is -0.472 e. The van der Waals surface area contributed by atoms with E-state index in [1.807, 2.05) is 0 Å². The Morgan fingerprint density at radius 1 is 1.47 bits per heavy atom. The molecule has 0 amide bonds. The first-order valence-electron chi connectivity index (χ1n) is 4.72. The normalized spacial score (nSPS) is 13.8. The Labute approximate surface area is 104 Å². The molecule has 1 heterocycles. The molecule has 0 spiro atoms. The molecule has 1 atom stereocenters. The lowest BCUT2D eigenvalue weighted by molar-refractivity contribution is -0.141. The van der Waals surface area contributed by atoms with Crippen molar-refractivity contribution in [3.63, 3.8) is 0 Å². The molecule has 0 saturated heterocycles. The van der Waals surface area contributed by atoms with Crippen molar-refractivity contribution in [2.45, 2.75) is 24.5 Å². The summed E-state index contributed by atoms with van der Waals surface area (Å²) in [5.74, 6) is -0.0700. The fourth-order valence-corrected chi connectivity index (χ4v) is 1.78. The van der Waals surface area contributed by atoms with Crippen molar-refractivity contribution in [3.8, 4) is 5.88 Å². The molecule has 17 heavy (non-hydrogen) atoms. The second-order valence-electron chi connectivity index (χ2n) is 3.47. The molecule has 3 nitrogen and oxygen atoms in total. The van der Waals surface area contributed by atoms with E-state index in [2.05, 4.69) is 21.0 Å². The summed E-state index contributed by atoms with van der Waals surface area (Å²) in [4.78, 5) is 0. The van der Waals surface area contributed by atoms with Crippen LogP contribution in [-0.2, 0) is 18.6 Å². The lowest BCUT2D eigenvalue weighted by Crippen LogP contribution is -2.16. The molecule has 0 aromatic carbocycles. The summed E-state index contributed by atoms with van der Waals surface area (Å²) < 4.78 is 56.2. The Balaban J connectivity index is 3.17. The van der Waals surface area contributed by atoms with E-state index < -0.39 is 24.6 Å². The monoisotopic (exact) mass is 318 g/mol. The van der Waals surface area contributed by atoms with Gasteiger partial charge in [-0.25, -0.2) is 9.07 Å². The third kappa shape index (κ3) is 3.11. The quantitative estimate of drug-likeness (QED) is 0.630. The smallest absolute Gasteiger partial charge is 0.435 e. The average molecular weight is 319 g/mol. The molecule has 1 unspecified atom stereocenters. The van der Waals surface area contributed by atoms with E-state index in [1.165, 1.54) is 14.0 Å². The van der Waals surface area contributed by atoms with Crippen LogP contribution < -0.4 is 4.74 Å². The maximum absolute atomic E-state index is 12.6. The van der Waals surface area contributed by atoms with Gasteiger partial charge in [-0.3, -0.25) is 0 Å². The van der Waals surface area contributed by atoms with E-state index in [-0.39, 0.29) is 16.8 Å². The lowest BCUT2D eigenvalue weighted by Gasteiger charge is -2.12. The second-order valence-corrected chi connectivity index (χ2v) is 4.03. The van der Waals surface area contributed by atoms with Gasteiger partial charge in [-0.15, -0.1) is 0 Å². The van der Waals surface area contributed by atoms with Crippen LogP contribution in [0.25, 0.3) is 0 Å². The predicted molar refractivity (Wildman–Crippen MR) is 56.9 cm³/mol. The van der Waals surface area contributed by atoms with E-state index in [0.29, 0.717) is 0 Å². The molecular formula is C9H11BrF4N2O. The van der Waals surface area contributed by atoms with Crippen LogP contribution in [0, 0.1) is 0 Å². The SMILES string of the molecule is CC(CF)Oc1c(CBr)c(C(F)(F)F)nn1C. The van der Waals surface area contributed by atoms with Crippen molar-refractivity contribution in [2.24, 2.45) is 7.05 Å². The second kappa shape index (κ2) is 5.24. The van der Waals surface area contributed by atoms with E-state index >= 15 is 0 Å². The van der Waals surface area contributed by atoms with Gasteiger partial charge in [0.05, 0.1) is 5.56 Å². The highest BCUT2D eigenvalue weighted by atomic mass is 79.9. The van der Waals surface area contributed by atoms with Crippen molar-refractivity contribution in [3.05, 3.63) is 11.3 Å². The van der Waals surface area contributed by atoms with Crippen molar-refractivity contribution >= 4 is 15.9 Å². The summed E-state index contributed by atoms with van der Waals surface area (Å²) in [6.07, 6.45) is -5.37. The van der Waals surface area contributed by atoms with Gasteiger partial charge in [-0.2, -0.15) is 18.3 Å². The molecule has 0 aliphatic rings. The number of aromatic nitrogens is 2. The number of hydrogen-bond acceptors (Lipinski definition) is 2. The average Bonchev–Trinajstić information content (AvgIpc) is 2.55. The molecule has 0 radical (unpaired) electrons. The van der Waals surface area contributed by atoms with Gasteiger partial charge >= 0.3 is 6.18 Å². The summed E-state index contributed by atoms with van der Waals surface area (Å²) in [5.41, 5.74) is -1.14. The maximum Gasteiger partial charge on any atom is 0.435 e. The van der Waals surface area contributed by atoms with Gasteiger partial charge in [0, 0.05) is 12.4 Å². The van der Waals surface area contributed by atoms with Crippen molar-refractivity contribution in [1.29, 1.82) is 0 Å². The van der Waals surface area contributed by atoms with Gasteiger partial charge in [0.1, 0.15) is 12.8 Å². The fourth-order valence-electron chi connectivity index (χ4n) is 1.27. The van der Waals surface area contributed by atoms with Gasteiger partial charge in [0.2, 0.25) is 5.88 Å². The summed E-state index contributed by atoms with van der Waals surface area (Å²) in [6, 6.07) is 0. The minimum atomic E-state index is -4.55. The highest BCUT2D eigenvalue weighted by Gasteiger charge is 2.39. The largest absolute Gasteiger partial charge is 0.472 e. The fraction of sp³-hybridized carbons (Fsp3) is 0.667. The van der Waals surface area contributed by atoms with E-state index in [9.17, 15) is 17.6 Å². The van der Waals surface area contributed by atoms with Gasteiger partial charge in [-0.05, 0) is 6.92 Å². The Hall–Kier alpha value is -0.790. The van der Waals surface area contributed by atoms with E-state index in [1.54, 1.807) is 0 Å². The summed E-state index contributed by atoms with van der Waals surface area (Å²) in [6.45, 7) is 0.645. The van der Waals surface area contributed by atoms with Crippen LogP contribution in [0.15, 0.2) is 0 Å². The molecule has 0 aliphatic carbocycles. The highest BCUT2D eigenvalue weighted by Crippen LogP contribution is 2.36. The summed E-state index contributed by atoms with van der Waals surface area (Å²) in [7, 11) is 1.32. The minimum absolute atomic E-state index is 0.0655. The van der Waals surface area contributed by atoms with E-state index in [4.69, 9.17) is 4.74 Å². The Bertz CT molecular complexity index is 391. The number of rotatable bonds is 4. The topological polar surface area (TPSA) is 27.1 Å². The van der Waals surface area contributed by atoms with Gasteiger partial charge < -0.3 is 4.74 Å². The molecule has 1 aromatic rings. The van der Waals surface area contributed by atoms with E-state index in [0.717, 1.165) is 4.68 Å². The predicted octanol–water partition coefficient (Wildman–Crippen LogP) is 3.07. The number of ether oxygens (including phenoxy) is 1. The van der Waals surface area contributed by atoms with Gasteiger partial charge in [-0.1, -0.05) is 15.9 Å². The van der Waals surface area contributed by atoms with Crippen LogP contribution >= 0.6 is 15.9 Å².